The van der Waals surface area contributed by atoms with Crippen molar-refractivity contribution in [2.45, 2.75) is 45.1 Å². The number of rotatable bonds is 8. The number of hydrogen-bond acceptors (Lipinski definition) is 6. The minimum absolute atomic E-state index is 0.0471. The number of benzene rings is 2. The Hall–Kier alpha value is -3.96. The van der Waals surface area contributed by atoms with E-state index in [1.54, 1.807) is 17.2 Å². The minimum atomic E-state index is -4.57. The monoisotopic (exact) mass is 577 g/mol. The van der Waals surface area contributed by atoms with Crippen LogP contribution in [-0.2, 0) is 25.7 Å². The van der Waals surface area contributed by atoms with Crippen LogP contribution in [0.15, 0.2) is 66.7 Å². The molecular formula is C30H30F3N7S. The first-order valence-corrected chi connectivity index (χ1v) is 14.2. The van der Waals surface area contributed by atoms with E-state index in [-0.39, 0.29) is 5.39 Å². The van der Waals surface area contributed by atoms with E-state index in [2.05, 4.69) is 26.4 Å². The van der Waals surface area contributed by atoms with E-state index in [4.69, 9.17) is 5.10 Å². The number of halogens is 3. The minimum Gasteiger partial charge on any atom is -0.334 e. The summed E-state index contributed by atoms with van der Waals surface area (Å²) in [5.74, 6) is 0. The Balaban J connectivity index is 1.50. The molecule has 0 aliphatic carbocycles. The van der Waals surface area contributed by atoms with Crippen LogP contribution in [0.1, 0.15) is 40.5 Å². The van der Waals surface area contributed by atoms with Crippen molar-refractivity contribution in [3.63, 3.8) is 0 Å². The molecular weight excluding hydrogens is 547 g/mol. The lowest BCUT2D eigenvalue weighted by Crippen LogP contribution is -2.20. The van der Waals surface area contributed by atoms with Crippen LogP contribution in [0.3, 0.4) is 0 Å². The third-order valence-electron chi connectivity index (χ3n) is 7.48. The molecule has 4 heterocycles. The van der Waals surface area contributed by atoms with Crippen LogP contribution < -0.4 is 5.32 Å². The van der Waals surface area contributed by atoms with Gasteiger partial charge in [-0.25, -0.2) is 9.97 Å². The Morgan fingerprint density at radius 3 is 2.66 bits per heavy atom. The predicted octanol–water partition coefficient (Wildman–Crippen LogP) is 6.91. The van der Waals surface area contributed by atoms with Gasteiger partial charge in [-0.15, -0.1) is 11.3 Å². The van der Waals surface area contributed by atoms with Crippen molar-refractivity contribution in [2.24, 2.45) is 0 Å². The van der Waals surface area contributed by atoms with Gasteiger partial charge in [-0.2, -0.15) is 18.3 Å². The van der Waals surface area contributed by atoms with Gasteiger partial charge in [0.2, 0.25) is 0 Å². The quantitative estimate of drug-likeness (QED) is 0.217. The highest BCUT2D eigenvalue weighted by Crippen LogP contribution is 2.41. The van der Waals surface area contributed by atoms with E-state index < -0.39 is 17.8 Å². The number of thiazole rings is 1. The highest BCUT2D eigenvalue weighted by Gasteiger charge is 2.36. The molecule has 6 rings (SSSR count). The number of fused-ring (bicyclic) bond motifs is 2. The molecule has 1 atom stereocenters. The molecule has 0 bridgehead atoms. The highest BCUT2D eigenvalue weighted by molar-refractivity contribution is 7.13. The van der Waals surface area contributed by atoms with Crippen molar-refractivity contribution in [3.8, 4) is 11.1 Å². The van der Waals surface area contributed by atoms with Gasteiger partial charge in [0.25, 0.3) is 0 Å². The summed E-state index contributed by atoms with van der Waals surface area (Å²) in [5, 5.41) is 10.6. The topological polar surface area (TPSA) is 63.8 Å². The molecule has 0 fully saturated rings. The van der Waals surface area contributed by atoms with Gasteiger partial charge in [0.1, 0.15) is 6.04 Å². The van der Waals surface area contributed by atoms with Crippen molar-refractivity contribution in [1.29, 1.82) is 0 Å². The standard InChI is InChI=1S/C30H30F3N7S/c1-18-22(21-9-7-20(8-10-21)15-38(3)4)14-24(30(31,32)33)23-16-40(37-26(18)23)28(19(2)36-29-34-11-13-41-29)27-25-6-5-12-39(25)17-35-27/h7-11,13-14,16-17,28H,2,5-6,12,15H2,1,3-4H3,(H,34,36). The maximum absolute atomic E-state index is 14.5. The molecule has 41 heavy (non-hydrogen) atoms. The molecule has 1 N–H and O–H groups in total. The number of aryl methyl sites for hydroxylation is 2. The Kier molecular flexibility index (Phi) is 6.95. The largest absolute Gasteiger partial charge is 0.417 e. The van der Waals surface area contributed by atoms with E-state index in [0.717, 1.165) is 42.9 Å². The number of anilines is 1. The lowest BCUT2D eigenvalue weighted by molar-refractivity contribution is -0.136. The van der Waals surface area contributed by atoms with Crippen molar-refractivity contribution < 1.29 is 13.2 Å². The van der Waals surface area contributed by atoms with Crippen molar-refractivity contribution >= 4 is 27.4 Å². The van der Waals surface area contributed by atoms with Crippen LogP contribution in [0.25, 0.3) is 22.0 Å². The Labute approximate surface area is 240 Å². The SMILES string of the molecule is C=C(Nc1nccs1)C(c1ncn2c1CCC2)n1cc2c(C(F)(F)F)cc(-c3ccc(CN(C)C)cc3)c(C)c2n1. The Morgan fingerprint density at radius 2 is 1.98 bits per heavy atom. The van der Waals surface area contributed by atoms with Gasteiger partial charge in [0, 0.05) is 47.6 Å². The van der Waals surface area contributed by atoms with Gasteiger partial charge >= 0.3 is 6.18 Å². The summed E-state index contributed by atoms with van der Waals surface area (Å²) in [7, 11) is 3.95. The van der Waals surface area contributed by atoms with Crippen LogP contribution in [-0.4, -0.2) is 43.3 Å². The first kappa shape index (κ1) is 27.2. The maximum atomic E-state index is 14.5. The molecule has 7 nitrogen and oxygen atoms in total. The molecule has 11 heteroatoms. The first-order valence-electron chi connectivity index (χ1n) is 13.3. The fraction of sp³-hybridized carbons (Fsp3) is 0.300. The van der Waals surface area contributed by atoms with E-state index >= 15 is 0 Å². The molecule has 0 saturated heterocycles. The second-order valence-corrected chi connectivity index (χ2v) is 11.6. The zero-order valence-corrected chi connectivity index (χ0v) is 23.9. The van der Waals surface area contributed by atoms with Crippen LogP contribution in [0, 0.1) is 6.92 Å². The second kappa shape index (κ2) is 10.5. The zero-order valence-electron chi connectivity index (χ0n) is 23.0. The molecule has 1 aliphatic rings. The maximum Gasteiger partial charge on any atom is 0.417 e. The van der Waals surface area contributed by atoms with E-state index in [9.17, 15) is 13.2 Å². The number of allylic oxidation sites excluding steroid dienone is 1. The first-order chi connectivity index (χ1) is 19.6. The molecule has 0 radical (unpaired) electrons. The molecule has 0 saturated carbocycles. The number of aromatic nitrogens is 5. The molecule has 1 aliphatic heterocycles. The van der Waals surface area contributed by atoms with Crippen LogP contribution >= 0.6 is 11.3 Å². The molecule has 1 unspecified atom stereocenters. The van der Waals surface area contributed by atoms with Gasteiger partial charge in [-0.3, -0.25) is 4.68 Å². The lowest BCUT2D eigenvalue weighted by Gasteiger charge is -2.20. The number of hydrogen-bond donors (Lipinski definition) is 1. The summed E-state index contributed by atoms with van der Waals surface area (Å²) in [4.78, 5) is 11.0. The smallest absolute Gasteiger partial charge is 0.334 e. The van der Waals surface area contributed by atoms with Crippen LogP contribution in [0.2, 0.25) is 0 Å². The summed E-state index contributed by atoms with van der Waals surface area (Å²) in [6, 6.07) is 8.27. The summed E-state index contributed by atoms with van der Waals surface area (Å²) in [5.41, 5.74) is 4.87. The number of nitrogens with one attached hydrogen (secondary N) is 1. The number of imidazole rings is 1. The summed E-state index contributed by atoms with van der Waals surface area (Å²) in [6.45, 7) is 7.70. The predicted molar refractivity (Wildman–Crippen MR) is 156 cm³/mol. The molecule has 0 spiro atoms. The van der Waals surface area contributed by atoms with Crippen molar-refractivity contribution in [2.75, 3.05) is 19.4 Å². The molecule has 0 amide bonds. The van der Waals surface area contributed by atoms with Gasteiger partial charge in [-0.05, 0) is 62.2 Å². The third kappa shape index (κ3) is 5.15. The number of nitrogens with zero attached hydrogens (tertiary/aromatic N) is 6. The summed E-state index contributed by atoms with van der Waals surface area (Å²) >= 11 is 1.41. The zero-order chi connectivity index (χ0) is 28.9. The van der Waals surface area contributed by atoms with Gasteiger partial charge in [0.15, 0.2) is 5.13 Å². The average Bonchev–Trinajstić information content (AvgIpc) is 3.71. The van der Waals surface area contributed by atoms with Gasteiger partial charge in [0.05, 0.1) is 23.1 Å². The van der Waals surface area contributed by atoms with E-state index in [1.165, 1.54) is 23.6 Å². The summed E-state index contributed by atoms with van der Waals surface area (Å²) < 4.78 is 47.3. The third-order valence-corrected chi connectivity index (χ3v) is 8.17. The Bertz CT molecular complexity index is 1710. The fourth-order valence-corrected chi connectivity index (χ4v) is 6.18. The molecule has 212 valence electrons. The van der Waals surface area contributed by atoms with Crippen molar-refractivity contribution in [3.05, 3.63) is 94.8 Å². The Morgan fingerprint density at radius 1 is 1.20 bits per heavy atom. The fourth-order valence-electron chi connectivity index (χ4n) is 5.62. The van der Waals surface area contributed by atoms with Crippen LogP contribution in [0.5, 0.6) is 0 Å². The van der Waals surface area contributed by atoms with Gasteiger partial charge < -0.3 is 14.8 Å². The van der Waals surface area contributed by atoms with Crippen molar-refractivity contribution in [1.82, 2.24) is 29.2 Å². The second-order valence-electron chi connectivity index (χ2n) is 10.7. The molecule has 2 aromatic carbocycles. The molecule has 3 aromatic heterocycles. The van der Waals surface area contributed by atoms with E-state index in [1.807, 2.05) is 55.6 Å². The summed E-state index contributed by atoms with van der Waals surface area (Å²) in [6.07, 6.45) is 2.20. The average molecular weight is 578 g/mol. The van der Waals surface area contributed by atoms with E-state index in [0.29, 0.717) is 33.0 Å². The lowest BCUT2D eigenvalue weighted by atomic mass is 9.94. The highest BCUT2D eigenvalue weighted by atomic mass is 32.1. The van der Waals surface area contributed by atoms with Gasteiger partial charge in [-0.1, -0.05) is 30.8 Å². The molecule has 5 aromatic rings. The number of alkyl halides is 3. The van der Waals surface area contributed by atoms with Crippen LogP contribution in [0.4, 0.5) is 18.3 Å². The normalized spacial score (nSPS) is 14.1.